The lowest BCUT2D eigenvalue weighted by atomic mass is 10.2. The fourth-order valence-electron chi connectivity index (χ4n) is 1.51. The Kier molecular flexibility index (Phi) is 4.06. The number of hydrogen-bond donors (Lipinski definition) is 2. The standard InChI is InChI=1S/C12H8Cl2O6/c13-3-5-1-7(15)9(17)11(19-5)12-10(18)8(16)2-6(4-14)20-12/h1-2,17-18H,3-4H2. The van der Waals surface area contributed by atoms with Crippen molar-refractivity contribution in [2.75, 3.05) is 0 Å². The lowest BCUT2D eigenvalue weighted by molar-refractivity contribution is 0.390. The SMILES string of the molecule is O=c1cc(CCl)oc(-c2oc(CCl)cc(=O)c2O)c1O. The van der Waals surface area contributed by atoms with Crippen LogP contribution in [0.2, 0.25) is 0 Å². The van der Waals surface area contributed by atoms with Gasteiger partial charge >= 0.3 is 0 Å². The lowest BCUT2D eigenvalue weighted by Gasteiger charge is -2.07. The van der Waals surface area contributed by atoms with Crippen LogP contribution in [0, 0.1) is 0 Å². The van der Waals surface area contributed by atoms with Crippen molar-refractivity contribution >= 4 is 23.2 Å². The molecular weight excluding hydrogens is 311 g/mol. The largest absolute Gasteiger partial charge is 0.501 e. The topological polar surface area (TPSA) is 101 Å². The smallest absolute Gasteiger partial charge is 0.227 e. The molecule has 0 radical (unpaired) electrons. The Morgan fingerprint density at radius 2 is 1.20 bits per heavy atom. The second-order valence-corrected chi connectivity index (χ2v) is 4.31. The monoisotopic (exact) mass is 318 g/mol. The molecule has 2 heterocycles. The molecule has 0 fully saturated rings. The second-order valence-electron chi connectivity index (χ2n) is 3.78. The molecule has 6 nitrogen and oxygen atoms in total. The summed E-state index contributed by atoms with van der Waals surface area (Å²) < 4.78 is 10.3. The Morgan fingerprint density at radius 1 is 0.850 bits per heavy atom. The Hall–Kier alpha value is -1.92. The molecular formula is C12H8Cl2O6. The Labute approximate surface area is 121 Å². The van der Waals surface area contributed by atoms with E-state index in [1.165, 1.54) is 0 Å². The highest BCUT2D eigenvalue weighted by Gasteiger charge is 2.21. The van der Waals surface area contributed by atoms with Gasteiger partial charge in [0.05, 0.1) is 11.8 Å². The van der Waals surface area contributed by atoms with Crippen molar-refractivity contribution < 1.29 is 19.0 Å². The third kappa shape index (κ3) is 2.52. The predicted octanol–water partition coefficient (Wildman–Crippen LogP) is 2.15. The third-order valence-corrected chi connectivity index (χ3v) is 2.94. The van der Waals surface area contributed by atoms with Gasteiger partial charge in [-0.2, -0.15) is 0 Å². The first kappa shape index (κ1) is 14.5. The highest BCUT2D eigenvalue weighted by molar-refractivity contribution is 6.17. The highest BCUT2D eigenvalue weighted by atomic mass is 35.5. The van der Waals surface area contributed by atoms with Crippen LogP contribution >= 0.6 is 23.2 Å². The molecule has 0 saturated heterocycles. The van der Waals surface area contributed by atoms with Crippen molar-refractivity contribution in [2.24, 2.45) is 0 Å². The van der Waals surface area contributed by atoms with E-state index in [1.807, 2.05) is 0 Å². The molecule has 0 amide bonds. The zero-order chi connectivity index (χ0) is 14.9. The van der Waals surface area contributed by atoms with Crippen molar-refractivity contribution in [1.29, 1.82) is 0 Å². The van der Waals surface area contributed by atoms with Crippen LogP contribution in [0.3, 0.4) is 0 Å². The van der Waals surface area contributed by atoms with Crippen LogP contribution in [0.25, 0.3) is 11.5 Å². The van der Waals surface area contributed by atoms with Crippen LogP contribution in [0.1, 0.15) is 11.5 Å². The molecule has 2 N–H and O–H groups in total. The Morgan fingerprint density at radius 3 is 1.50 bits per heavy atom. The molecule has 0 aliphatic rings. The first-order valence-electron chi connectivity index (χ1n) is 5.32. The summed E-state index contributed by atoms with van der Waals surface area (Å²) in [5, 5.41) is 19.4. The van der Waals surface area contributed by atoms with E-state index in [2.05, 4.69) is 0 Å². The van der Waals surface area contributed by atoms with Crippen LogP contribution < -0.4 is 10.9 Å². The fourth-order valence-corrected chi connectivity index (χ4v) is 1.77. The Bertz CT molecular complexity index is 696. The summed E-state index contributed by atoms with van der Waals surface area (Å²) >= 11 is 11.1. The number of rotatable bonds is 3. The van der Waals surface area contributed by atoms with Crippen molar-refractivity contribution in [2.45, 2.75) is 11.8 Å². The number of aromatic hydroxyl groups is 2. The number of alkyl halides is 2. The van der Waals surface area contributed by atoms with E-state index in [9.17, 15) is 19.8 Å². The van der Waals surface area contributed by atoms with E-state index in [4.69, 9.17) is 32.0 Å². The maximum atomic E-state index is 11.5. The summed E-state index contributed by atoms with van der Waals surface area (Å²) in [7, 11) is 0. The van der Waals surface area contributed by atoms with Gasteiger partial charge in [0.1, 0.15) is 11.5 Å². The Balaban J connectivity index is 2.80. The molecule has 106 valence electrons. The molecule has 20 heavy (non-hydrogen) atoms. The minimum Gasteiger partial charge on any atom is -0.501 e. The molecule has 0 atom stereocenters. The number of hydrogen-bond acceptors (Lipinski definition) is 6. The fraction of sp³-hybridized carbons (Fsp3) is 0.167. The first-order valence-corrected chi connectivity index (χ1v) is 6.39. The van der Waals surface area contributed by atoms with Crippen LogP contribution in [-0.2, 0) is 11.8 Å². The van der Waals surface area contributed by atoms with Crippen molar-refractivity contribution in [3.63, 3.8) is 0 Å². The molecule has 0 unspecified atom stereocenters. The second kappa shape index (κ2) is 5.60. The zero-order valence-electron chi connectivity index (χ0n) is 9.85. The maximum Gasteiger partial charge on any atom is 0.227 e. The lowest BCUT2D eigenvalue weighted by Crippen LogP contribution is -2.05. The van der Waals surface area contributed by atoms with Crippen LogP contribution in [0.15, 0.2) is 30.6 Å². The average molecular weight is 319 g/mol. The summed E-state index contributed by atoms with van der Waals surface area (Å²) in [4.78, 5) is 23.1. The summed E-state index contributed by atoms with van der Waals surface area (Å²) in [5.41, 5.74) is -1.56. The van der Waals surface area contributed by atoms with Crippen LogP contribution in [0.5, 0.6) is 11.5 Å². The summed E-state index contributed by atoms with van der Waals surface area (Å²) in [5.74, 6) is -2.74. The summed E-state index contributed by atoms with van der Waals surface area (Å²) in [6.45, 7) is 0. The van der Waals surface area contributed by atoms with Crippen LogP contribution in [-0.4, -0.2) is 10.2 Å². The van der Waals surface area contributed by atoms with E-state index in [0.717, 1.165) is 12.1 Å². The number of halogens is 2. The molecule has 2 rings (SSSR count). The van der Waals surface area contributed by atoms with Gasteiger partial charge in [-0.15, -0.1) is 23.2 Å². The molecule has 0 aromatic carbocycles. The van der Waals surface area contributed by atoms with Crippen molar-refractivity contribution in [3.05, 3.63) is 44.1 Å². The summed E-state index contributed by atoms with van der Waals surface area (Å²) in [6, 6.07) is 1.98. The van der Waals surface area contributed by atoms with Gasteiger partial charge in [0, 0.05) is 12.1 Å². The molecule has 0 spiro atoms. The molecule has 2 aromatic rings. The predicted molar refractivity (Wildman–Crippen MR) is 71.4 cm³/mol. The van der Waals surface area contributed by atoms with Crippen molar-refractivity contribution in [3.8, 4) is 23.0 Å². The first-order chi connectivity index (χ1) is 9.47. The van der Waals surface area contributed by atoms with Gasteiger partial charge in [-0.3, -0.25) is 9.59 Å². The van der Waals surface area contributed by atoms with E-state index in [0.29, 0.717) is 0 Å². The molecule has 8 heteroatoms. The minimum absolute atomic E-state index is 0.0443. The third-order valence-electron chi connectivity index (χ3n) is 2.42. The van der Waals surface area contributed by atoms with Gasteiger partial charge in [-0.1, -0.05) is 0 Å². The van der Waals surface area contributed by atoms with Gasteiger partial charge in [-0.05, 0) is 0 Å². The van der Waals surface area contributed by atoms with Gasteiger partial charge < -0.3 is 19.0 Å². The van der Waals surface area contributed by atoms with E-state index in [1.54, 1.807) is 0 Å². The van der Waals surface area contributed by atoms with Gasteiger partial charge in [0.25, 0.3) is 0 Å². The minimum atomic E-state index is -0.802. The molecule has 0 aliphatic heterocycles. The van der Waals surface area contributed by atoms with E-state index in [-0.39, 0.29) is 23.3 Å². The van der Waals surface area contributed by atoms with Gasteiger partial charge in [-0.25, -0.2) is 0 Å². The van der Waals surface area contributed by atoms with Crippen LogP contribution in [0.4, 0.5) is 0 Å². The molecule has 0 bridgehead atoms. The highest BCUT2D eigenvalue weighted by Crippen LogP contribution is 2.33. The van der Waals surface area contributed by atoms with E-state index >= 15 is 0 Å². The molecule has 0 aliphatic carbocycles. The van der Waals surface area contributed by atoms with Gasteiger partial charge in [0.15, 0.2) is 0 Å². The van der Waals surface area contributed by atoms with Crippen molar-refractivity contribution in [1.82, 2.24) is 0 Å². The zero-order valence-corrected chi connectivity index (χ0v) is 11.4. The maximum absolute atomic E-state index is 11.5. The molecule has 0 saturated carbocycles. The normalized spacial score (nSPS) is 10.7. The quantitative estimate of drug-likeness (QED) is 0.841. The molecule has 2 aromatic heterocycles. The van der Waals surface area contributed by atoms with E-state index < -0.39 is 33.9 Å². The van der Waals surface area contributed by atoms with Gasteiger partial charge in [0.2, 0.25) is 33.9 Å². The summed E-state index contributed by atoms with van der Waals surface area (Å²) in [6.07, 6.45) is 0. The average Bonchev–Trinajstić information content (AvgIpc) is 2.44.